The topological polar surface area (TPSA) is 79.9 Å². The summed E-state index contributed by atoms with van der Waals surface area (Å²) in [6, 6.07) is 7.32. The minimum Gasteiger partial charge on any atom is -0.492 e. The highest BCUT2D eigenvalue weighted by Gasteiger charge is 2.00. The average Bonchev–Trinajstić information content (AvgIpc) is 2.43. The number of nitrogens with one attached hydrogen (secondary N) is 1. The molecule has 1 aromatic rings. The first-order valence-corrected chi connectivity index (χ1v) is 5.74. The van der Waals surface area contributed by atoms with Crippen LogP contribution in [-0.4, -0.2) is 30.2 Å². The summed E-state index contributed by atoms with van der Waals surface area (Å²) in [4.78, 5) is 0. The number of nitrogens with zero attached hydrogens (tertiary/aromatic N) is 1. The van der Waals surface area contributed by atoms with Crippen LogP contribution in [0.4, 0.5) is 0 Å². The molecule has 0 saturated heterocycles. The van der Waals surface area contributed by atoms with Crippen molar-refractivity contribution in [3.8, 4) is 5.75 Å². The second kappa shape index (κ2) is 7.34. The van der Waals surface area contributed by atoms with Crippen LogP contribution in [0.15, 0.2) is 42.1 Å². The summed E-state index contributed by atoms with van der Waals surface area (Å²) < 4.78 is 5.53. The van der Waals surface area contributed by atoms with Crippen molar-refractivity contribution in [1.29, 1.82) is 0 Å². The summed E-state index contributed by atoms with van der Waals surface area (Å²) in [5, 5.41) is 14.7. The van der Waals surface area contributed by atoms with E-state index in [0.717, 1.165) is 12.3 Å². The number of rotatable bonds is 7. The van der Waals surface area contributed by atoms with Gasteiger partial charge in [-0.1, -0.05) is 11.2 Å². The highest BCUT2D eigenvalue weighted by Crippen LogP contribution is 2.11. The fraction of sp³-hybridized carbons (Fsp3) is 0.308. The second-order valence-electron chi connectivity index (χ2n) is 3.84. The second-order valence-corrected chi connectivity index (χ2v) is 3.84. The van der Waals surface area contributed by atoms with Crippen LogP contribution in [0.2, 0.25) is 0 Å². The standard InChI is InChI=1S/C13H19N3O2/c1-3-10(2)15-8-9-18-12-6-4-11(5-7-12)13(14)16-17/h3-7,10,15,17H,1,8-9H2,2H3,(H2,14,16). The highest BCUT2D eigenvalue weighted by molar-refractivity contribution is 5.97. The normalized spacial score (nSPS) is 13.1. The molecule has 0 fully saturated rings. The third-order valence-corrected chi connectivity index (χ3v) is 2.45. The molecule has 5 heteroatoms. The van der Waals surface area contributed by atoms with Gasteiger partial charge in [-0.15, -0.1) is 6.58 Å². The van der Waals surface area contributed by atoms with Gasteiger partial charge in [-0.25, -0.2) is 0 Å². The Hall–Kier alpha value is -2.01. The predicted octanol–water partition coefficient (Wildman–Crippen LogP) is 1.32. The van der Waals surface area contributed by atoms with Gasteiger partial charge in [-0.2, -0.15) is 0 Å². The van der Waals surface area contributed by atoms with E-state index in [0.29, 0.717) is 12.2 Å². The molecule has 0 spiro atoms. The number of hydrogen-bond acceptors (Lipinski definition) is 4. The first-order valence-electron chi connectivity index (χ1n) is 5.74. The maximum atomic E-state index is 8.52. The lowest BCUT2D eigenvalue weighted by Crippen LogP contribution is -2.28. The summed E-state index contributed by atoms with van der Waals surface area (Å²) in [6.45, 7) is 7.03. The fourth-order valence-corrected chi connectivity index (χ4v) is 1.32. The fourth-order valence-electron chi connectivity index (χ4n) is 1.32. The largest absolute Gasteiger partial charge is 0.492 e. The molecule has 1 unspecified atom stereocenters. The van der Waals surface area contributed by atoms with Gasteiger partial charge in [-0.05, 0) is 31.2 Å². The van der Waals surface area contributed by atoms with E-state index in [1.807, 2.05) is 13.0 Å². The molecular weight excluding hydrogens is 230 g/mol. The quantitative estimate of drug-likeness (QED) is 0.170. The van der Waals surface area contributed by atoms with E-state index in [4.69, 9.17) is 15.7 Å². The van der Waals surface area contributed by atoms with Crippen molar-refractivity contribution in [2.75, 3.05) is 13.2 Å². The van der Waals surface area contributed by atoms with E-state index in [1.54, 1.807) is 24.3 Å². The maximum Gasteiger partial charge on any atom is 0.170 e. The number of hydrogen-bond donors (Lipinski definition) is 3. The van der Waals surface area contributed by atoms with E-state index >= 15 is 0 Å². The molecule has 4 N–H and O–H groups in total. The Labute approximate surface area is 107 Å². The number of amidine groups is 1. The number of benzene rings is 1. The van der Waals surface area contributed by atoms with Crippen LogP contribution in [0.25, 0.3) is 0 Å². The van der Waals surface area contributed by atoms with E-state index < -0.39 is 0 Å². The number of oxime groups is 1. The zero-order chi connectivity index (χ0) is 13.4. The van der Waals surface area contributed by atoms with Crippen molar-refractivity contribution in [2.24, 2.45) is 10.9 Å². The van der Waals surface area contributed by atoms with Crippen molar-refractivity contribution < 1.29 is 9.94 Å². The van der Waals surface area contributed by atoms with Gasteiger partial charge in [0, 0.05) is 18.2 Å². The van der Waals surface area contributed by atoms with Gasteiger partial charge in [-0.3, -0.25) is 0 Å². The molecule has 0 bridgehead atoms. The first-order chi connectivity index (χ1) is 8.67. The SMILES string of the molecule is C=CC(C)NCCOc1ccc(/C(N)=N/O)cc1. The Morgan fingerprint density at radius 2 is 2.22 bits per heavy atom. The minimum absolute atomic E-state index is 0.0861. The van der Waals surface area contributed by atoms with Crippen LogP contribution >= 0.6 is 0 Å². The van der Waals surface area contributed by atoms with Gasteiger partial charge in [0.15, 0.2) is 5.84 Å². The molecule has 0 aliphatic carbocycles. The summed E-state index contributed by atoms with van der Waals surface area (Å²) in [5.74, 6) is 0.834. The van der Waals surface area contributed by atoms with Crippen LogP contribution in [0.3, 0.4) is 0 Å². The Morgan fingerprint density at radius 1 is 1.56 bits per heavy atom. The molecule has 18 heavy (non-hydrogen) atoms. The monoisotopic (exact) mass is 249 g/mol. The summed E-state index contributed by atoms with van der Waals surface area (Å²) in [6.07, 6.45) is 1.84. The molecule has 0 aromatic heterocycles. The lowest BCUT2D eigenvalue weighted by Gasteiger charge is -2.10. The zero-order valence-corrected chi connectivity index (χ0v) is 10.5. The lowest BCUT2D eigenvalue weighted by atomic mass is 10.2. The van der Waals surface area contributed by atoms with Crippen LogP contribution < -0.4 is 15.8 Å². The van der Waals surface area contributed by atoms with Crippen LogP contribution in [-0.2, 0) is 0 Å². The Balaban J connectivity index is 2.38. The predicted molar refractivity (Wildman–Crippen MR) is 72.1 cm³/mol. The van der Waals surface area contributed by atoms with Crippen molar-refractivity contribution in [3.63, 3.8) is 0 Å². The van der Waals surface area contributed by atoms with Gasteiger partial charge >= 0.3 is 0 Å². The van der Waals surface area contributed by atoms with E-state index in [9.17, 15) is 0 Å². The lowest BCUT2D eigenvalue weighted by molar-refractivity contribution is 0.311. The first kappa shape index (κ1) is 14.1. The molecule has 98 valence electrons. The molecule has 0 heterocycles. The van der Waals surface area contributed by atoms with E-state index in [-0.39, 0.29) is 11.9 Å². The van der Waals surface area contributed by atoms with Gasteiger partial charge in [0.2, 0.25) is 0 Å². The van der Waals surface area contributed by atoms with Crippen LogP contribution in [0, 0.1) is 0 Å². The van der Waals surface area contributed by atoms with E-state index in [1.165, 1.54) is 0 Å². The molecule has 5 nitrogen and oxygen atoms in total. The number of nitrogens with two attached hydrogens (primary N) is 1. The Kier molecular flexibility index (Phi) is 5.73. The van der Waals surface area contributed by atoms with Crippen molar-refractivity contribution >= 4 is 5.84 Å². The third-order valence-electron chi connectivity index (χ3n) is 2.45. The Bertz CT molecular complexity index is 401. The van der Waals surface area contributed by atoms with Crippen LogP contribution in [0.1, 0.15) is 12.5 Å². The van der Waals surface area contributed by atoms with E-state index in [2.05, 4.69) is 17.1 Å². The minimum atomic E-state index is 0.0861. The molecular formula is C13H19N3O2. The molecule has 0 aliphatic heterocycles. The average molecular weight is 249 g/mol. The van der Waals surface area contributed by atoms with Gasteiger partial charge < -0.3 is 21.0 Å². The zero-order valence-electron chi connectivity index (χ0n) is 10.5. The van der Waals surface area contributed by atoms with Gasteiger partial charge in [0.1, 0.15) is 12.4 Å². The molecule has 0 radical (unpaired) electrons. The van der Waals surface area contributed by atoms with Gasteiger partial charge in [0.25, 0.3) is 0 Å². The molecule has 0 amide bonds. The maximum absolute atomic E-state index is 8.52. The molecule has 1 rings (SSSR count). The third kappa shape index (κ3) is 4.47. The smallest absolute Gasteiger partial charge is 0.170 e. The molecule has 0 aliphatic rings. The molecule has 1 atom stereocenters. The highest BCUT2D eigenvalue weighted by atomic mass is 16.5. The summed E-state index contributed by atoms with van der Waals surface area (Å²) in [5.41, 5.74) is 6.11. The Morgan fingerprint density at radius 3 is 2.78 bits per heavy atom. The molecule has 1 aromatic carbocycles. The van der Waals surface area contributed by atoms with Crippen LogP contribution in [0.5, 0.6) is 5.75 Å². The summed E-state index contributed by atoms with van der Waals surface area (Å²) >= 11 is 0. The summed E-state index contributed by atoms with van der Waals surface area (Å²) in [7, 11) is 0. The number of ether oxygens (including phenoxy) is 1. The van der Waals surface area contributed by atoms with Crippen molar-refractivity contribution in [1.82, 2.24) is 5.32 Å². The van der Waals surface area contributed by atoms with Gasteiger partial charge in [0.05, 0.1) is 0 Å². The van der Waals surface area contributed by atoms with Crippen molar-refractivity contribution in [2.45, 2.75) is 13.0 Å². The molecule has 0 saturated carbocycles. The van der Waals surface area contributed by atoms with Crippen molar-refractivity contribution in [3.05, 3.63) is 42.5 Å².